The minimum absolute atomic E-state index is 0.195. The third-order valence-corrected chi connectivity index (χ3v) is 2.97. The van der Waals surface area contributed by atoms with Gasteiger partial charge in [0.1, 0.15) is 23.2 Å². The van der Waals surface area contributed by atoms with Crippen LogP contribution in [0.15, 0.2) is 36.4 Å². The second-order valence-electron chi connectivity index (χ2n) is 4.38. The molecule has 0 spiro atoms. The molecular formula is C15H14F3NO. The molecule has 106 valence electrons. The Labute approximate surface area is 115 Å². The largest absolute Gasteiger partial charge is 0.497 e. The van der Waals surface area contributed by atoms with Gasteiger partial charge in [-0.15, -0.1) is 0 Å². The summed E-state index contributed by atoms with van der Waals surface area (Å²) in [6.07, 6.45) is 0. The Morgan fingerprint density at radius 3 is 2.40 bits per heavy atom. The standard InChI is InChI=1S/C15H14F3NO/c1-9(12-5-3-10(16)7-14(12)18)19-15-8-11(20-2)4-6-13(15)17/h3-9,19H,1-2H3. The van der Waals surface area contributed by atoms with Crippen LogP contribution in [0.25, 0.3) is 0 Å². The molecule has 0 fully saturated rings. The molecule has 2 nitrogen and oxygen atoms in total. The zero-order valence-electron chi connectivity index (χ0n) is 11.1. The third kappa shape index (κ3) is 3.04. The zero-order valence-corrected chi connectivity index (χ0v) is 11.1. The van der Waals surface area contributed by atoms with E-state index in [1.165, 1.54) is 37.4 Å². The Bertz CT molecular complexity index is 616. The molecule has 5 heteroatoms. The molecule has 0 saturated heterocycles. The van der Waals surface area contributed by atoms with E-state index in [0.717, 1.165) is 6.07 Å². The highest BCUT2D eigenvalue weighted by atomic mass is 19.1. The summed E-state index contributed by atoms with van der Waals surface area (Å²) in [6.45, 7) is 1.66. The van der Waals surface area contributed by atoms with E-state index in [-0.39, 0.29) is 11.3 Å². The van der Waals surface area contributed by atoms with E-state index in [0.29, 0.717) is 5.75 Å². The minimum Gasteiger partial charge on any atom is -0.497 e. The van der Waals surface area contributed by atoms with Crippen molar-refractivity contribution in [3.05, 3.63) is 59.4 Å². The summed E-state index contributed by atoms with van der Waals surface area (Å²) in [5, 5.41) is 2.84. The van der Waals surface area contributed by atoms with Gasteiger partial charge in [0.25, 0.3) is 0 Å². The summed E-state index contributed by atoms with van der Waals surface area (Å²) in [6, 6.07) is 7.01. The van der Waals surface area contributed by atoms with Gasteiger partial charge in [-0.3, -0.25) is 0 Å². The summed E-state index contributed by atoms with van der Waals surface area (Å²) < 4.78 is 45.2. The van der Waals surface area contributed by atoms with Gasteiger partial charge in [-0.05, 0) is 25.1 Å². The van der Waals surface area contributed by atoms with E-state index in [2.05, 4.69) is 5.32 Å². The van der Waals surface area contributed by atoms with Crippen LogP contribution in [0.2, 0.25) is 0 Å². The van der Waals surface area contributed by atoms with Crippen molar-refractivity contribution in [3.63, 3.8) is 0 Å². The monoisotopic (exact) mass is 281 g/mol. The van der Waals surface area contributed by atoms with Crippen LogP contribution >= 0.6 is 0 Å². The van der Waals surface area contributed by atoms with Gasteiger partial charge in [-0.1, -0.05) is 6.07 Å². The Morgan fingerprint density at radius 1 is 1.00 bits per heavy atom. The molecule has 0 aliphatic rings. The normalized spacial score (nSPS) is 12.1. The number of rotatable bonds is 4. The number of methoxy groups -OCH3 is 1. The first-order valence-corrected chi connectivity index (χ1v) is 6.06. The Balaban J connectivity index is 2.25. The van der Waals surface area contributed by atoms with Crippen LogP contribution in [0.3, 0.4) is 0 Å². The maximum Gasteiger partial charge on any atom is 0.146 e. The Kier molecular flexibility index (Phi) is 4.17. The number of halogens is 3. The maximum atomic E-state index is 13.7. The first-order chi connectivity index (χ1) is 9.51. The fraction of sp³-hybridized carbons (Fsp3) is 0.200. The van der Waals surface area contributed by atoms with E-state index in [1.807, 2.05) is 0 Å². The lowest BCUT2D eigenvalue weighted by Gasteiger charge is -2.17. The molecule has 0 saturated carbocycles. The first-order valence-electron chi connectivity index (χ1n) is 6.06. The van der Waals surface area contributed by atoms with Gasteiger partial charge < -0.3 is 10.1 Å². The van der Waals surface area contributed by atoms with Crippen molar-refractivity contribution in [3.8, 4) is 5.75 Å². The van der Waals surface area contributed by atoms with Crippen LogP contribution in [0.1, 0.15) is 18.5 Å². The Morgan fingerprint density at radius 2 is 1.75 bits per heavy atom. The third-order valence-electron chi connectivity index (χ3n) is 2.97. The molecule has 0 heterocycles. The molecular weight excluding hydrogens is 267 g/mol. The van der Waals surface area contributed by atoms with Gasteiger partial charge >= 0.3 is 0 Å². The van der Waals surface area contributed by atoms with E-state index < -0.39 is 23.5 Å². The van der Waals surface area contributed by atoms with Crippen molar-refractivity contribution in [1.82, 2.24) is 0 Å². The molecule has 0 amide bonds. The maximum absolute atomic E-state index is 13.7. The molecule has 1 N–H and O–H groups in total. The SMILES string of the molecule is COc1ccc(F)c(NC(C)c2ccc(F)cc2F)c1. The van der Waals surface area contributed by atoms with Gasteiger partial charge in [-0.2, -0.15) is 0 Å². The number of hydrogen-bond acceptors (Lipinski definition) is 2. The summed E-state index contributed by atoms with van der Waals surface area (Å²) >= 11 is 0. The van der Waals surface area contributed by atoms with E-state index in [1.54, 1.807) is 6.92 Å². The molecule has 2 rings (SSSR count). The first kappa shape index (κ1) is 14.2. The van der Waals surface area contributed by atoms with Crippen molar-refractivity contribution in [2.45, 2.75) is 13.0 Å². The van der Waals surface area contributed by atoms with Crippen molar-refractivity contribution in [2.24, 2.45) is 0 Å². The van der Waals surface area contributed by atoms with E-state index in [4.69, 9.17) is 4.74 Å². The number of ether oxygens (including phenoxy) is 1. The Hall–Kier alpha value is -2.17. The predicted molar refractivity (Wildman–Crippen MR) is 71.3 cm³/mol. The fourth-order valence-electron chi connectivity index (χ4n) is 1.91. The van der Waals surface area contributed by atoms with E-state index >= 15 is 0 Å². The topological polar surface area (TPSA) is 21.3 Å². The van der Waals surface area contributed by atoms with Crippen LogP contribution in [0.4, 0.5) is 18.9 Å². The highest BCUT2D eigenvalue weighted by Gasteiger charge is 2.14. The molecule has 2 aromatic rings. The van der Waals surface area contributed by atoms with Gasteiger partial charge in [-0.25, -0.2) is 13.2 Å². The minimum atomic E-state index is -0.673. The van der Waals surface area contributed by atoms with Crippen LogP contribution in [-0.4, -0.2) is 7.11 Å². The summed E-state index contributed by atoms with van der Waals surface area (Å²) in [7, 11) is 1.47. The number of benzene rings is 2. The predicted octanol–water partition coefficient (Wildman–Crippen LogP) is 4.29. The lowest BCUT2D eigenvalue weighted by molar-refractivity contribution is 0.414. The van der Waals surface area contributed by atoms with Crippen LogP contribution < -0.4 is 10.1 Å². The summed E-state index contributed by atoms with van der Waals surface area (Å²) in [4.78, 5) is 0. The molecule has 0 bridgehead atoms. The van der Waals surface area contributed by atoms with Crippen LogP contribution in [0, 0.1) is 17.5 Å². The number of nitrogens with one attached hydrogen (secondary N) is 1. The zero-order chi connectivity index (χ0) is 14.7. The van der Waals surface area contributed by atoms with Gasteiger partial charge in [0.15, 0.2) is 0 Å². The van der Waals surface area contributed by atoms with Gasteiger partial charge in [0.2, 0.25) is 0 Å². The molecule has 0 radical (unpaired) electrons. The average Bonchev–Trinajstić information content (AvgIpc) is 2.41. The molecule has 1 atom stereocenters. The number of anilines is 1. The molecule has 0 aliphatic heterocycles. The van der Waals surface area contributed by atoms with Crippen molar-refractivity contribution < 1.29 is 17.9 Å². The molecule has 0 aliphatic carbocycles. The molecule has 20 heavy (non-hydrogen) atoms. The lowest BCUT2D eigenvalue weighted by Crippen LogP contribution is -2.10. The van der Waals surface area contributed by atoms with Crippen molar-refractivity contribution in [2.75, 3.05) is 12.4 Å². The number of hydrogen-bond donors (Lipinski definition) is 1. The van der Waals surface area contributed by atoms with Gasteiger partial charge in [0.05, 0.1) is 18.8 Å². The second-order valence-corrected chi connectivity index (χ2v) is 4.38. The highest BCUT2D eigenvalue weighted by molar-refractivity contribution is 5.51. The van der Waals surface area contributed by atoms with E-state index in [9.17, 15) is 13.2 Å². The van der Waals surface area contributed by atoms with Crippen LogP contribution in [0.5, 0.6) is 5.75 Å². The average molecular weight is 281 g/mol. The lowest BCUT2D eigenvalue weighted by atomic mass is 10.1. The fourth-order valence-corrected chi connectivity index (χ4v) is 1.91. The molecule has 2 aromatic carbocycles. The van der Waals surface area contributed by atoms with Crippen molar-refractivity contribution >= 4 is 5.69 Å². The molecule has 0 aromatic heterocycles. The highest BCUT2D eigenvalue weighted by Crippen LogP contribution is 2.26. The quantitative estimate of drug-likeness (QED) is 0.902. The van der Waals surface area contributed by atoms with Crippen molar-refractivity contribution in [1.29, 1.82) is 0 Å². The smallest absolute Gasteiger partial charge is 0.146 e. The second kappa shape index (κ2) is 5.86. The summed E-state index contributed by atoms with van der Waals surface area (Å²) in [5.41, 5.74) is 0.453. The molecule has 1 unspecified atom stereocenters. The van der Waals surface area contributed by atoms with Gasteiger partial charge in [0, 0.05) is 17.7 Å². The van der Waals surface area contributed by atoms with Crippen LogP contribution in [-0.2, 0) is 0 Å². The summed E-state index contributed by atoms with van der Waals surface area (Å²) in [5.74, 6) is -1.31.